The van der Waals surface area contributed by atoms with Gasteiger partial charge in [-0.2, -0.15) is 0 Å². The lowest BCUT2D eigenvalue weighted by Gasteiger charge is -2.18. The molecule has 1 aliphatic heterocycles. The van der Waals surface area contributed by atoms with Gasteiger partial charge < -0.3 is 14.8 Å². The van der Waals surface area contributed by atoms with Crippen LogP contribution in [0.5, 0.6) is 11.5 Å². The van der Waals surface area contributed by atoms with E-state index in [2.05, 4.69) is 24.1 Å². The molecule has 0 saturated carbocycles. The number of amides is 1. The van der Waals surface area contributed by atoms with Crippen molar-refractivity contribution in [3.05, 3.63) is 23.6 Å². The lowest BCUT2D eigenvalue weighted by Crippen LogP contribution is -2.15. The van der Waals surface area contributed by atoms with Crippen LogP contribution < -0.4 is 14.8 Å². The molecule has 6 heteroatoms. The van der Waals surface area contributed by atoms with Crippen LogP contribution in [0, 0.1) is 5.92 Å². The van der Waals surface area contributed by atoms with E-state index in [0.717, 1.165) is 29.2 Å². The first-order valence-corrected chi connectivity index (χ1v) is 8.65. The molecule has 1 aromatic heterocycles. The van der Waals surface area contributed by atoms with Gasteiger partial charge in [0.2, 0.25) is 5.91 Å². The first-order valence-electron chi connectivity index (χ1n) is 7.77. The quantitative estimate of drug-likeness (QED) is 0.900. The highest BCUT2D eigenvalue weighted by atomic mass is 32.1. The van der Waals surface area contributed by atoms with Crippen molar-refractivity contribution in [3.63, 3.8) is 0 Å². The predicted octanol–water partition coefficient (Wildman–Crippen LogP) is 3.96. The van der Waals surface area contributed by atoms with Gasteiger partial charge in [0.25, 0.3) is 0 Å². The molecule has 0 aliphatic carbocycles. The topological polar surface area (TPSA) is 60.5 Å². The fourth-order valence-corrected chi connectivity index (χ4v) is 3.00. The van der Waals surface area contributed by atoms with Gasteiger partial charge in [0.15, 0.2) is 16.6 Å². The van der Waals surface area contributed by atoms with E-state index in [4.69, 9.17) is 9.47 Å². The van der Waals surface area contributed by atoms with Crippen LogP contribution in [0.2, 0.25) is 0 Å². The lowest BCUT2D eigenvalue weighted by molar-refractivity contribution is -0.116. The highest BCUT2D eigenvalue weighted by Crippen LogP contribution is 2.35. The molecule has 3 rings (SSSR count). The van der Waals surface area contributed by atoms with Crippen LogP contribution >= 0.6 is 11.3 Å². The molecule has 5 nitrogen and oxygen atoms in total. The molecule has 1 aliphatic rings. The molecule has 0 spiro atoms. The van der Waals surface area contributed by atoms with Crippen LogP contribution in [0.25, 0.3) is 11.3 Å². The van der Waals surface area contributed by atoms with Crippen molar-refractivity contribution >= 4 is 22.4 Å². The Hall–Kier alpha value is -2.08. The van der Waals surface area contributed by atoms with Gasteiger partial charge in [-0.1, -0.05) is 13.8 Å². The Balaban J connectivity index is 1.68. The first kappa shape index (κ1) is 15.8. The average Bonchev–Trinajstić information content (AvgIpc) is 3.01. The number of ether oxygens (including phenoxy) is 2. The molecular formula is C17H20N2O3S. The summed E-state index contributed by atoms with van der Waals surface area (Å²) < 4.78 is 11.1. The Morgan fingerprint density at radius 1 is 1.30 bits per heavy atom. The fourth-order valence-electron chi connectivity index (χ4n) is 2.27. The van der Waals surface area contributed by atoms with Crippen LogP contribution in [0.4, 0.5) is 5.13 Å². The zero-order chi connectivity index (χ0) is 16.2. The maximum atomic E-state index is 11.9. The molecule has 0 radical (unpaired) electrons. The maximum absolute atomic E-state index is 11.9. The summed E-state index contributed by atoms with van der Waals surface area (Å²) in [6.07, 6.45) is 1.41. The first-order chi connectivity index (χ1) is 11.1. The summed E-state index contributed by atoms with van der Waals surface area (Å²) in [6, 6.07) is 5.77. The number of nitrogens with one attached hydrogen (secondary N) is 1. The summed E-state index contributed by atoms with van der Waals surface area (Å²) >= 11 is 1.43. The number of rotatable bonds is 5. The second-order valence-electron chi connectivity index (χ2n) is 5.88. The average molecular weight is 332 g/mol. The van der Waals surface area contributed by atoms with Crippen LogP contribution in [0.1, 0.15) is 26.7 Å². The van der Waals surface area contributed by atoms with Crippen LogP contribution in [-0.2, 0) is 4.79 Å². The molecule has 0 unspecified atom stereocenters. The molecule has 0 fully saturated rings. The predicted molar refractivity (Wildman–Crippen MR) is 91.2 cm³/mol. The normalized spacial score (nSPS) is 13.2. The van der Waals surface area contributed by atoms with E-state index in [0.29, 0.717) is 30.7 Å². The summed E-state index contributed by atoms with van der Waals surface area (Å²) in [6.45, 7) is 5.35. The molecule has 0 atom stereocenters. The van der Waals surface area contributed by atoms with E-state index in [9.17, 15) is 4.79 Å². The van der Waals surface area contributed by atoms with Crippen molar-refractivity contribution in [2.24, 2.45) is 5.92 Å². The summed E-state index contributed by atoms with van der Waals surface area (Å²) in [5.41, 5.74) is 1.78. The van der Waals surface area contributed by atoms with Crippen LogP contribution in [0.15, 0.2) is 23.6 Å². The third kappa shape index (κ3) is 4.01. The summed E-state index contributed by atoms with van der Waals surface area (Å²) in [4.78, 5) is 16.4. The Bertz CT molecular complexity index is 697. The molecule has 0 bridgehead atoms. The van der Waals surface area contributed by atoms with Gasteiger partial charge in [-0.25, -0.2) is 4.98 Å². The van der Waals surface area contributed by atoms with Gasteiger partial charge in [-0.15, -0.1) is 11.3 Å². The van der Waals surface area contributed by atoms with Gasteiger partial charge in [0.1, 0.15) is 13.2 Å². The number of hydrogen-bond acceptors (Lipinski definition) is 5. The summed E-state index contributed by atoms with van der Waals surface area (Å²) in [5, 5.41) is 5.42. The third-order valence-electron chi connectivity index (χ3n) is 3.54. The molecule has 0 saturated heterocycles. The molecule has 1 N–H and O–H groups in total. The van der Waals surface area contributed by atoms with Crippen molar-refractivity contribution in [3.8, 4) is 22.8 Å². The maximum Gasteiger partial charge on any atom is 0.226 e. The Labute approximate surface area is 139 Å². The number of benzene rings is 1. The number of carbonyl (C=O) groups is 1. The second kappa shape index (κ2) is 7.00. The molecule has 1 aromatic carbocycles. The highest BCUT2D eigenvalue weighted by molar-refractivity contribution is 7.14. The van der Waals surface area contributed by atoms with E-state index >= 15 is 0 Å². The van der Waals surface area contributed by atoms with E-state index in [1.165, 1.54) is 11.3 Å². The van der Waals surface area contributed by atoms with Crippen molar-refractivity contribution < 1.29 is 14.3 Å². The molecule has 2 heterocycles. The van der Waals surface area contributed by atoms with Gasteiger partial charge in [0.05, 0.1) is 5.69 Å². The van der Waals surface area contributed by atoms with E-state index < -0.39 is 0 Å². The number of hydrogen-bond donors (Lipinski definition) is 1. The standard InChI is InChI=1S/C17H20N2O3S/c1-11(2)3-6-16(20)19-17-18-13(10-23-17)12-4-5-14-15(9-12)22-8-7-21-14/h4-5,9-11H,3,6-8H2,1-2H3,(H,18,19,20). The number of nitrogens with zero attached hydrogens (tertiary/aromatic N) is 1. The number of carbonyl (C=O) groups excluding carboxylic acids is 1. The van der Waals surface area contributed by atoms with Crippen molar-refractivity contribution in [2.75, 3.05) is 18.5 Å². The van der Waals surface area contributed by atoms with Crippen LogP contribution in [-0.4, -0.2) is 24.1 Å². The van der Waals surface area contributed by atoms with Gasteiger partial charge in [0, 0.05) is 17.4 Å². The van der Waals surface area contributed by atoms with Gasteiger partial charge >= 0.3 is 0 Å². The minimum absolute atomic E-state index is 0.0155. The number of aromatic nitrogens is 1. The third-order valence-corrected chi connectivity index (χ3v) is 4.29. The van der Waals surface area contributed by atoms with Crippen molar-refractivity contribution in [1.82, 2.24) is 4.98 Å². The Morgan fingerprint density at radius 3 is 2.87 bits per heavy atom. The Morgan fingerprint density at radius 2 is 2.09 bits per heavy atom. The van der Waals surface area contributed by atoms with E-state index in [1.807, 2.05) is 23.6 Å². The second-order valence-corrected chi connectivity index (χ2v) is 6.74. The number of fused-ring (bicyclic) bond motifs is 1. The molecule has 122 valence electrons. The molecular weight excluding hydrogens is 312 g/mol. The van der Waals surface area contributed by atoms with Gasteiger partial charge in [-0.3, -0.25) is 4.79 Å². The Kier molecular flexibility index (Phi) is 4.81. The highest BCUT2D eigenvalue weighted by Gasteiger charge is 2.14. The SMILES string of the molecule is CC(C)CCC(=O)Nc1nc(-c2ccc3c(c2)OCCO3)cs1. The summed E-state index contributed by atoms with van der Waals surface area (Å²) in [5.74, 6) is 2.04. The van der Waals surface area contributed by atoms with E-state index in [-0.39, 0.29) is 5.91 Å². The zero-order valence-electron chi connectivity index (χ0n) is 13.3. The minimum Gasteiger partial charge on any atom is -0.486 e. The largest absolute Gasteiger partial charge is 0.486 e. The molecule has 2 aromatic rings. The summed E-state index contributed by atoms with van der Waals surface area (Å²) in [7, 11) is 0. The van der Waals surface area contributed by atoms with Crippen LogP contribution in [0.3, 0.4) is 0 Å². The molecule has 23 heavy (non-hydrogen) atoms. The van der Waals surface area contributed by atoms with Crippen molar-refractivity contribution in [2.45, 2.75) is 26.7 Å². The minimum atomic E-state index is 0.0155. The number of anilines is 1. The lowest BCUT2D eigenvalue weighted by atomic mass is 10.1. The van der Waals surface area contributed by atoms with Crippen molar-refractivity contribution in [1.29, 1.82) is 0 Å². The van der Waals surface area contributed by atoms with Gasteiger partial charge in [-0.05, 0) is 30.5 Å². The molecule has 1 amide bonds. The smallest absolute Gasteiger partial charge is 0.226 e. The number of thiazole rings is 1. The monoisotopic (exact) mass is 332 g/mol. The zero-order valence-corrected chi connectivity index (χ0v) is 14.1. The van der Waals surface area contributed by atoms with E-state index in [1.54, 1.807) is 0 Å². The fraction of sp³-hybridized carbons (Fsp3) is 0.412.